The molecule has 0 saturated heterocycles. The molecule has 0 N–H and O–H groups in total. The van der Waals surface area contributed by atoms with Crippen molar-refractivity contribution in [2.24, 2.45) is 29.6 Å². The fourth-order valence-corrected chi connectivity index (χ4v) is 4.82. The van der Waals surface area contributed by atoms with Crippen LogP contribution >= 0.6 is 0 Å². The summed E-state index contributed by atoms with van der Waals surface area (Å²) in [6.45, 7) is 6.11. The van der Waals surface area contributed by atoms with Gasteiger partial charge in [0.15, 0.2) is 6.79 Å². The van der Waals surface area contributed by atoms with E-state index in [2.05, 4.69) is 13.8 Å². The van der Waals surface area contributed by atoms with Crippen LogP contribution in [0.15, 0.2) is 11.5 Å². The van der Waals surface area contributed by atoms with Crippen LogP contribution in [-0.4, -0.2) is 20.5 Å². The van der Waals surface area contributed by atoms with E-state index in [1.54, 1.807) is 7.11 Å². The minimum Gasteiger partial charge on any atom is -0.498 e. The molecule has 5 atom stereocenters. The van der Waals surface area contributed by atoms with Gasteiger partial charge in [-0.25, -0.2) is 0 Å². The molecule has 0 amide bonds. The summed E-state index contributed by atoms with van der Waals surface area (Å²) in [4.78, 5) is 0. The van der Waals surface area contributed by atoms with E-state index in [0.29, 0.717) is 6.79 Å². The predicted octanol–water partition coefficient (Wildman–Crippen LogP) is 4.34. The number of methoxy groups -OCH3 is 1. The van der Waals surface area contributed by atoms with E-state index in [1.807, 2.05) is 0 Å². The molecule has 2 bridgehead atoms. The molecule has 2 saturated carbocycles. The number of rotatable bonds is 6. The third-order valence-electron chi connectivity index (χ3n) is 6.30. The zero-order chi connectivity index (χ0) is 14.8. The highest BCUT2D eigenvalue weighted by Crippen LogP contribution is 2.54. The summed E-state index contributed by atoms with van der Waals surface area (Å²) in [5, 5.41) is 0. The zero-order valence-electron chi connectivity index (χ0n) is 13.8. The fraction of sp³-hybridized carbons (Fsp3) is 0.889. The third-order valence-corrected chi connectivity index (χ3v) is 6.30. The van der Waals surface area contributed by atoms with E-state index < -0.39 is 0 Å². The van der Waals surface area contributed by atoms with E-state index in [4.69, 9.17) is 14.2 Å². The largest absolute Gasteiger partial charge is 0.498 e. The molecule has 5 unspecified atom stereocenters. The molecule has 2 fully saturated rings. The topological polar surface area (TPSA) is 27.7 Å². The molecule has 0 heterocycles. The van der Waals surface area contributed by atoms with E-state index >= 15 is 0 Å². The normalized spacial score (nSPS) is 38.9. The third kappa shape index (κ3) is 3.08. The first-order valence-electron chi connectivity index (χ1n) is 8.67. The van der Waals surface area contributed by atoms with Crippen molar-refractivity contribution in [3.63, 3.8) is 0 Å². The summed E-state index contributed by atoms with van der Waals surface area (Å²) in [7, 11) is 1.74. The lowest BCUT2D eigenvalue weighted by Gasteiger charge is -2.31. The quantitative estimate of drug-likeness (QED) is 0.539. The van der Waals surface area contributed by atoms with Crippen molar-refractivity contribution < 1.29 is 14.2 Å². The van der Waals surface area contributed by atoms with Gasteiger partial charge in [-0.3, -0.25) is 0 Å². The first kappa shape index (κ1) is 15.2. The molecule has 0 aromatic heterocycles. The van der Waals surface area contributed by atoms with E-state index in [9.17, 15) is 0 Å². The molecule has 0 radical (unpaired) electrons. The first-order chi connectivity index (χ1) is 10.2. The summed E-state index contributed by atoms with van der Waals surface area (Å²) in [6.07, 6.45) is 7.20. The van der Waals surface area contributed by atoms with Crippen molar-refractivity contribution in [2.75, 3.05) is 20.5 Å². The SMILES string of the molecule is COC1=C(OCOCC2CC3CC2C(C)C3C)CCCC1. The van der Waals surface area contributed by atoms with Gasteiger partial charge in [0.1, 0.15) is 11.5 Å². The smallest absolute Gasteiger partial charge is 0.188 e. The molecule has 3 heteroatoms. The van der Waals surface area contributed by atoms with Gasteiger partial charge in [0.2, 0.25) is 0 Å². The lowest BCUT2D eigenvalue weighted by atomic mass is 9.76. The van der Waals surface area contributed by atoms with Crippen LogP contribution in [0.1, 0.15) is 52.4 Å². The lowest BCUT2D eigenvalue weighted by Crippen LogP contribution is -2.27. The Hall–Kier alpha value is -0.700. The molecular weight excluding hydrogens is 264 g/mol. The lowest BCUT2D eigenvalue weighted by molar-refractivity contribution is -0.0550. The summed E-state index contributed by atoms with van der Waals surface area (Å²) in [6, 6.07) is 0. The number of hydrogen-bond donors (Lipinski definition) is 0. The fourth-order valence-electron chi connectivity index (χ4n) is 4.82. The van der Waals surface area contributed by atoms with Gasteiger partial charge < -0.3 is 14.2 Å². The van der Waals surface area contributed by atoms with Gasteiger partial charge in [0.25, 0.3) is 0 Å². The second-order valence-electron chi connectivity index (χ2n) is 7.26. The van der Waals surface area contributed by atoms with Crippen molar-refractivity contribution in [1.82, 2.24) is 0 Å². The van der Waals surface area contributed by atoms with Crippen LogP contribution in [0.2, 0.25) is 0 Å². The molecule has 120 valence electrons. The Morgan fingerprint density at radius 1 is 1.00 bits per heavy atom. The maximum atomic E-state index is 5.84. The van der Waals surface area contributed by atoms with Gasteiger partial charge in [-0.2, -0.15) is 0 Å². The number of hydrogen-bond acceptors (Lipinski definition) is 3. The monoisotopic (exact) mass is 294 g/mol. The Balaban J connectivity index is 1.40. The van der Waals surface area contributed by atoms with Crippen LogP contribution in [-0.2, 0) is 14.2 Å². The Morgan fingerprint density at radius 3 is 2.43 bits per heavy atom. The zero-order valence-corrected chi connectivity index (χ0v) is 13.8. The van der Waals surface area contributed by atoms with Gasteiger partial charge in [-0.1, -0.05) is 13.8 Å². The Bertz CT molecular complexity index is 388. The molecular formula is C18H30O3. The molecule has 21 heavy (non-hydrogen) atoms. The summed E-state index contributed by atoms with van der Waals surface area (Å²) < 4.78 is 17.0. The molecule has 0 spiro atoms. The number of ether oxygens (including phenoxy) is 3. The predicted molar refractivity (Wildman–Crippen MR) is 82.4 cm³/mol. The van der Waals surface area contributed by atoms with Crippen LogP contribution in [0.25, 0.3) is 0 Å². The van der Waals surface area contributed by atoms with Crippen LogP contribution in [0, 0.1) is 29.6 Å². The second-order valence-corrected chi connectivity index (χ2v) is 7.26. The summed E-state index contributed by atoms with van der Waals surface area (Å²) in [5.41, 5.74) is 0. The van der Waals surface area contributed by atoms with Gasteiger partial charge in [0.05, 0.1) is 13.7 Å². The van der Waals surface area contributed by atoms with Crippen molar-refractivity contribution in [3.05, 3.63) is 11.5 Å². The van der Waals surface area contributed by atoms with Gasteiger partial charge >= 0.3 is 0 Å². The molecule has 3 aliphatic carbocycles. The van der Waals surface area contributed by atoms with Gasteiger partial charge in [-0.05, 0) is 55.3 Å². The van der Waals surface area contributed by atoms with Crippen molar-refractivity contribution in [3.8, 4) is 0 Å². The minimum absolute atomic E-state index is 0.389. The van der Waals surface area contributed by atoms with Crippen LogP contribution in [0.4, 0.5) is 0 Å². The van der Waals surface area contributed by atoms with E-state index in [0.717, 1.165) is 60.6 Å². The highest BCUT2D eigenvalue weighted by molar-refractivity contribution is 5.04. The Morgan fingerprint density at radius 2 is 1.76 bits per heavy atom. The van der Waals surface area contributed by atoms with Crippen molar-refractivity contribution in [2.45, 2.75) is 52.4 Å². The average Bonchev–Trinajstić information content (AvgIpc) is 3.04. The number of fused-ring (bicyclic) bond motifs is 2. The van der Waals surface area contributed by atoms with Crippen molar-refractivity contribution >= 4 is 0 Å². The standard InChI is InChI=1S/C18H30O3/c1-12-13(2)16-9-14(12)8-15(16)10-20-11-21-18-7-5-4-6-17(18)19-3/h12-16H,4-11H2,1-3H3. The minimum atomic E-state index is 0.389. The Kier molecular flexibility index (Phi) is 4.78. The Labute approximate surface area is 129 Å². The average molecular weight is 294 g/mol. The van der Waals surface area contributed by atoms with E-state index in [1.165, 1.54) is 25.7 Å². The molecule has 0 aliphatic heterocycles. The summed E-state index contributed by atoms with van der Waals surface area (Å²) in [5.74, 6) is 6.41. The maximum absolute atomic E-state index is 5.84. The molecule has 3 nitrogen and oxygen atoms in total. The van der Waals surface area contributed by atoms with E-state index in [-0.39, 0.29) is 0 Å². The van der Waals surface area contributed by atoms with Crippen molar-refractivity contribution in [1.29, 1.82) is 0 Å². The van der Waals surface area contributed by atoms with Gasteiger partial charge in [-0.15, -0.1) is 0 Å². The highest BCUT2D eigenvalue weighted by atomic mass is 16.7. The number of allylic oxidation sites excluding steroid dienone is 2. The highest BCUT2D eigenvalue weighted by Gasteiger charge is 2.48. The molecule has 3 aliphatic rings. The molecule has 3 rings (SSSR count). The van der Waals surface area contributed by atoms with Crippen LogP contribution < -0.4 is 0 Å². The summed E-state index contributed by atoms with van der Waals surface area (Å²) >= 11 is 0. The van der Waals surface area contributed by atoms with Crippen LogP contribution in [0.5, 0.6) is 0 Å². The van der Waals surface area contributed by atoms with Gasteiger partial charge in [0, 0.05) is 12.8 Å². The molecule has 0 aromatic carbocycles. The molecule has 0 aromatic rings. The second kappa shape index (κ2) is 6.60. The first-order valence-corrected chi connectivity index (χ1v) is 8.67. The maximum Gasteiger partial charge on any atom is 0.188 e. The van der Waals surface area contributed by atoms with Crippen LogP contribution in [0.3, 0.4) is 0 Å².